The quantitative estimate of drug-likeness (QED) is 0.865. The fourth-order valence-electron chi connectivity index (χ4n) is 2.50. The second kappa shape index (κ2) is 4.46. The minimum absolute atomic E-state index is 0.445. The summed E-state index contributed by atoms with van der Waals surface area (Å²) in [5.74, 6) is 0.923. The first-order valence-corrected chi connectivity index (χ1v) is 6.39. The molecule has 1 unspecified atom stereocenters. The van der Waals surface area contributed by atoms with Gasteiger partial charge in [-0.05, 0) is 31.0 Å². The Morgan fingerprint density at radius 3 is 2.88 bits per heavy atom. The van der Waals surface area contributed by atoms with Gasteiger partial charge in [0, 0.05) is 17.6 Å². The van der Waals surface area contributed by atoms with Crippen molar-refractivity contribution < 1.29 is 0 Å². The summed E-state index contributed by atoms with van der Waals surface area (Å²) < 4.78 is 0. The van der Waals surface area contributed by atoms with E-state index in [0.29, 0.717) is 6.04 Å². The van der Waals surface area contributed by atoms with Crippen molar-refractivity contribution in [2.45, 2.75) is 25.3 Å². The van der Waals surface area contributed by atoms with E-state index in [1.165, 1.54) is 30.2 Å². The van der Waals surface area contributed by atoms with Crippen molar-refractivity contribution in [3.05, 3.63) is 42.1 Å². The molecule has 1 atom stereocenters. The van der Waals surface area contributed by atoms with Crippen molar-refractivity contribution in [3.8, 4) is 0 Å². The molecule has 1 N–H and O–H groups in total. The Bertz CT molecular complexity index is 512. The monoisotopic (exact) mass is 226 g/mol. The smallest absolute Gasteiger partial charge is 0.0749 e. The second-order valence-electron chi connectivity index (χ2n) is 4.94. The van der Waals surface area contributed by atoms with Crippen LogP contribution in [-0.4, -0.2) is 12.0 Å². The zero-order chi connectivity index (χ0) is 11.7. The molecule has 1 heterocycles. The average molecular weight is 226 g/mol. The maximum Gasteiger partial charge on any atom is 0.0749 e. The van der Waals surface area contributed by atoms with Gasteiger partial charge in [-0.3, -0.25) is 4.98 Å². The molecule has 2 heteroatoms. The van der Waals surface area contributed by atoms with Gasteiger partial charge in [-0.25, -0.2) is 0 Å². The molecular weight excluding hydrogens is 208 g/mol. The standard InChI is InChI=1S/C15H18N2/c1-16-14(10-11-7-8-11)13-6-2-4-12-5-3-9-17-15(12)13/h2-6,9,11,14,16H,7-8,10H2,1H3. The van der Waals surface area contributed by atoms with Crippen LogP contribution in [-0.2, 0) is 0 Å². The predicted molar refractivity (Wildman–Crippen MR) is 70.9 cm³/mol. The van der Waals surface area contributed by atoms with E-state index in [4.69, 9.17) is 0 Å². The molecule has 0 radical (unpaired) electrons. The van der Waals surface area contributed by atoms with Gasteiger partial charge in [0.15, 0.2) is 0 Å². The number of para-hydroxylation sites is 1. The highest BCUT2D eigenvalue weighted by Gasteiger charge is 2.26. The van der Waals surface area contributed by atoms with Gasteiger partial charge in [0.25, 0.3) is 0 Å². The third-order valence-electron chi connectivity index (χ3n) is 3.65. The van der Waals surface area contributed by atoms with Crippen LogP contribution >= 0.6 is 0 Å². The molecule has 1 fully saturated rings. The number of fused-ring (bicyclic) bond motifs is 1. The summed E-state index contributed by atoms with van der Waals surface area (Å²) in [6.07, 6.45) is 5.93. The Morgan fingerprint density at radius 2 is 2.12 bits per heavy atom. The molecule has 2 aromatic rings. The highest BCUT2D eigenvalue weighted by atomic mass is 14.9. The van der Waals surface area contributed by atoms with Crippen molar-refractivity contribution in [3.63, 3.8) is 0 Å². The predicted octanol–water partition coefficient (Wildman–Crippen LogP) is 3.30. The molecule has 0 amide bonds. The van der Waals surface area contributed by atoms with Crippen molar-refractivity contribution in [2.24, 2.45) is 5.92 Å². The number of aromatic nitrogens is 1. The van der Waals surface area contributed by atoms with Crippen LogP contribution in [0.1, 0.15) is 30.9 Å². The van der Waals surface area contributed by atoms with E-state index in [2.05, 4.69) is 41.6 Å². The summed E-state index contributed by atoms with van der Waals surface area (Å²) in [5, 5.41) is 4.68. The maximum atomic E-state index is 4.54. The molecule has 17 heavy (non-hydrogen) atoms. The van der Waals surface area contributed by atoms with Gasteiger partial charge in [0.05, 0.1) is 5.52 Å². The van der Waals surface area contributed by atoms with Crippen LogP contribution in [0.4, 0.5) is 0 Å². The van der Waals surface area contributed by atoms with Crippen molar-refractivity contribution in [1.29, 1.82) is 0 Å². The highest BCUT2D eigenvalue weighted by molar-refractivity contribution is 5.82. The normalized spacial score (nSPS) is 17.2. The van der Waals surface area contributed by atoms with Gasteiger partial charge in [0.1, 0.15) is 0 Å². The lowest BCUT2D eigenvalue weighted by atomic mass is 9.98. The molecule has 0 aliphatic heterocycles. The Balaban J connectivity index is 2.01. The Kier molecular flexibility index (Phi) is 2.81. The van der Waals surface area contributed by atoms with Crippen molar-refractivity contribution in [1.82, 2.24) is 10.3 Å². The number of nitrogens with zero attached hydrogens (tertiary/aromatic N) is 1. The van der Waals surface area contributed by atoms with Crippen LogP contribution in [0.25, 0.3) is 10.9 Å². The minimum atomic E-state index is 0.445. The fraction of sp³-hybridized carbons (Fsp3) is 0.400. The number of hydrogen-bond donors (Lipinski definition) is 1. The van der Waals surface area contributed by atoms with Crippen LogP contribution in [0.5, 0.6) is 0 Å². The van der Waals surface area contributed by atoms with Crippen LogP contribution in [0.15, 0.2) is 36.5 Å². The number of benzene rings is 1. The van der Waals surface area contributed by atoms with Gasteiger partial charge >= 0.3 is 0 Å². The third-order valence-corrected chi connectivity index (χ3v) is 3.65. The highest BCUT2D eigenvalue weighted by Crippen LogP contribution is 2.38. The van der Waals surface area contributed by atoms with Gasteiger partial charge in [0.2, 0.25) is 0 Å². The molecule has 1 aromatic carbocycles. The summed E-state index contributed by atoms with van der Waals surface area (Å²) in [7, 11) is 2.05. The zero-order valence-corrected chi connectivity index (χ0v) is 10.2. The molecule has 1 aliphatic rings. The van der Waals surface area contributed by atoms with E-state index < -0.39 is 0 Å². The van der Waals surface area contributed by atoms with Gasteiger partial charge in [-0.2, -0.15) is 0 Å². The lowest BCUT2D eigenvalue weighted by Crippen LogP contribution is -2.17. The van der Waals surface area contributed by atoms with E-state index in [9.17, 15) is 0 Å². The average Bonchev–Trinajstić information content (AvgIpc) is 3.19. The molecule has 1 aliphatic carbocycles. The van der Waals surface area contributed by atoms with Crippen LogP contribution in [0.3, 0.4) is 0 Å². The van der Waals surface area contributed by atoms with E-state index in [1.807, 2.05) is 12.3 Å². The van der Waals surface area contributed by atoms with Crippen molar-refractivity contribution >= 4 is 10.9 Å². The van der Waals surface area contributed by atoms with Crippen molar-refractivity contribution in [2.75, 3.05) is 7.05 Å². The number of nitrogens with one attached hydrogen (secondary N) is 1. The lowest BCUT2D eigenvalue weighted by Gasteiger charge is -2.17. The SMILES string of the molecule is CNC(CC1CC1)c1cccc2cccnc12. The van der Waals surface area contributed by atoms with Crippen LogP contribution < -0.4 is 5.32 Å². The number of hydrogen-bond acceptors (Lipinski definition) is 2. The molecular formula is C15H18N2. The molecule has 0 spiro atoms. The summed E-state index contributed by atoms with van der Waals surface area (Å²) >= 11 is 0. The summed E-state index contributed by atoms with van der Waals surface area (Å²) in [5.41, 5.74) is 2.49. The molecule has 1 saturated carbocycles. The van der Waals surface area contributed by atoms with Gasteiger partial charge in [-0.15, -0.1) is 0 Å². The Hall–Kier alpha value is -1.41. The zero-order valence-electron chi connectivity index (χ0n) is 10.2. The molecule has 1 aromatic heterocycles. The van der Waals surface area contributed by atoms with E-state index in [1.54, 1.807) is 0 Å². The fourth-order valence-corrected chi connectivity index (χ4v) is 2.50. The van der Waals surface area contributed by atoms with Crippen LogP contribution in [0.2, 0.25) is 0 Å². The maximum absolute atomic E-state index is 4.54. The summed E-state index contributed by atoms with van der Waals surface area (Å²) in [6, 6.07) is 11.1. The summed E-state index contributed by atoms with van der Waals surface area (Å²) in [6.45, 7) is 0. The number of rotatable bonds is 4. The Morgan fingerprint density at radius 1 is 1.29 bits per heavy atom. The first-order valence-electron chi connectivity index (χ1n) is 6.39. The van der Waals surface area contributed by atoms with Gasteiger partial charge < -0.3 is 5.32 Å². The van der Waals surface area contributed by atoms with E-state index in [-0.39, 0.29) is 0 Å². The van der Waals surface area contributed by atoms with Gasteiger partial charge in [-0.1, -0.05) is 37.1 Å². The van der Waals surface area contributed by atoms with Crippen LogP contribution in [0, 0.1) is 5.92 Å². The molecule has 3 rings (SSSR count). The molecule has 2 nitrogen and oxygen atoms in total. The largest absolute Gasteiger partial charge is 0.313 e. The minimum Gasteiger partial charge on any atom is -0.313 e. The molecule has 0 saturated heterocycles. The Labute approximate surface area is 102 Å². The first-order chi connectivity index (χ1) is 8.38. The first kappa shape index (κ1) is 10.7. The number of pyridine rings is 1. The lowest BCUT2D eigenvalue weighted by molar-refractivity contribution is 0.517. The molecule has 0 bridgehead atoms. The second-order valence-corrected chi connectivity index (χ2v) is 4.94. The molecule has 88 valence electrons. The van der Waals surface area contributed by atoms with E-state index in [0.717, 1.165) is 11.4 Å². The third kappa shape index (κ3) is 2.18. The van der Waals surface area contributed by atoms with E-state index >= 15 is 0 Å². The summed E-state index contributed by atoms with van der Waals surface area (Å²) in [4.78, 5) is 4.54. The topological polar surface area (TPSA) is 24.9 Å².